The Bertz CT molecular complexity index is 1640. The molecule has 0 spiro atoms. The number of aromatic nitrogens is 3. The van der Waals surface area contributed by atoms with Gasteiger partial charge in [0.25, 0.3) is 0 Å². The Hall–Kier alpha value is -4.30. The summed E-state index contributed by atoms with van der Waals surface area (Å²) in [6.07, 6.45) is 2.90. The van der Waals surface area contributed by atoms with Crippen LogP contribution in [-0.2, 0) is 16.4 Å². The third-order valence-corrected chi connectivity index (χ3v) is 6.91. The highest BCUT2D eigenvalue weighted by Crippen LogP contribution is 2.35. The smallest absolute Gasteiger partial charge is 0.179 e. The number of rotatable bonds is 7. The molecule has 0 aliphatic heterocycles. The zero-order chi connectivity index (χ0) is 25.1. The highest BCUT2D eigenvalue weighted by molar-refractivity contribution is 7.90. The van der Waals surface area contributed by atoms with Gasteiger partial charge in [-0.3, -0.25) is 4.98 Å². The maximum Gasteiger partial charge on any atom is 0.179 e. The second-order valence-electron chi connectivity index (χ2n) is 8.27. The van der Waals surface area contributed by atoms with Crippen LogP contribution in [0.15, 0.2) is 96.0 Å². The van der Waals surface area contributed by atoms with Crippen molar-refractivity contribution in [1.29, 1.82) is 0 Å². The van der Waals surface area contributed by atoms with Gasteiger partial charge in [0.05, 0.1) is 30.3 Å². The maximum absolute atomic E-state index is 12.4. The van der Waals surface area contributed by atoms with Crippen molar-refractivity contribution in [2.24, 2.45) is 0 Å². The third kappa shape index (κ3) is 4.76. The van der Waals surface area contributed by atoms with Crippen molar-refractivity contribution in [3.63, 3.8) is 0 Å². The Morgan fingerprint density at radius 2 is 1.67 bits per heavy atom. The summed E-state index contributed by atoms with van der Waals surface area (Å²) < 4.78 is 30.1. The van der Waals surface area contributed by atoms with Gasteiger partial charge >= 0.3 is 0 Å². The van der Waals surface area contributed by atoms with Crippen LogP contribution in [0.1, 0.15) is 5.69 Å². The summed E-state index contributed by atoms with van der Waals surface area (Å²) in [5.74, 6) is 1.32. The molecule has 0 radical (unpaired) electrons. The Morgan fingerprint density at radius 1 is 0.861 bits per heavy atom. The third-order valence-electron chi connectivity index (χ3n) is 5.79. The van der Waals surface area contributed by atoms with Crippen LogP contribution in [0.5, 0.6) is 5.75 Å². The maximum atomic E-state index is 12.4. The Balaban J connectivity index is 1.70. The first-order valence-corrected chi connectivity index (χ1v) is 13.2. The summed E-state index contributed by atoms with van der Waals surface area (Å²) in [6, 6.07) is 26.7. The van der Waals surface area contributed by atoms with Crippen molar-refractivity contribution in [3.05, 3.63) is 96.8 Å². The number of hydrogen-bond acceptors (Lipinski definition) is 7. The molecule has 5 rings (SSSR count). The van der Waals surface area contributed by atoms with Crippen LogP contribution in [0.2, 0.25) is 0 Å². The number of fused-ring (bicyclic) bond motifs is 1. The summed E-state index contributed by atoms with van der Waals surface area (Å²) in [4.78, 5) is 14.2. The molecule has 2 heterocycles. The molecule has 0 aliphatic rings. The second kappa shape index (κ2) is 9.75. The molecule has 0 bridgehead atoms. The molecule has 180 valence electrons. The lowest BCUT2D eigenvalue weighted by Crippen LogP contribution is -2.06. The lowest BCUT2D eigenvalue weighted by Gasteiger charge is -2.15. The standard InChI is InChI=1S/C28H24N4O3S/c1-35-24-15-14-20(17-25(24)36(2,33)34)27-31-23-13-8-12-22(19-9-4-3-5-10-19)26(23)28(32-27)30-18-21-11-6-7-16-29-21/h3-17H,18H2,1-2H3,(H,30,31,32). The fraction of sp³-hybridized carbons (Fsp3) is 0.107. The van der Waals surface area contributed by atoms with Gasteiger partial charge < -0.3 is 10.1 Å². The zero-order valence-corrected chi connectivity index (χ0v) is 20.7. The van der Waals surface area contributed by atoms with Crippen LogP contribution >= 0.6 is 0 Å². The van der Waals surface area contributed by atoms with E-state index in [4.69, 9.17) is 14.7 Å². The molecule has 0 unspecified atom stereocenters. The average molecular weight is 497 g/mol. The Kier molecular flexibility index (Phi) is 6.35. The fourth-order valence-corrected chi connectivity index (χ4v) is 4.94. The van der Waals surface area contributed by atoms with Gasteiger partial charge in [-0.15, -0.1) is 0 Å². The highest BCUT2D eigenvalue weighted by atomic mass is 32.2. The number of sulfone groups is 1. The van der Waals surface area contributed by atoms with Gasteiger partial charge in [-0.05, 0) is 47.5 Å². The van der Waals surface area contributed by atoms with Gasteiger partial charge in [0, 0.05) is 18.0 Å². The number of nitrogens with zero attached hydrogens (tertiary/aromatic N) is 3. The molecule has 1 N–H and O–H groups in total. The number of methoxy groups -OCH3 is 1. The van der Waals surface area contributed by atoms with Crippen molar-refractivity contribution in [3.8, 4) is 28.3 Å². The van der Waals surface area contributed by atoms with E-state index in [2.05, 4.69) is 10.3 Å². The van der Waals surface area contributed by atoms with Crippen molar-refractivity contribution in [1.82, 2.24) is 15.0 Å². The Labute approximate surface area is 209 Å². The number of pyridine rings is 1. The first-order valence-electron chi connectivity index (χ1n) is 11.3. The van der Waals surface area contributed by atoms with Crippen molar-refractivity contribution < 1.29 is 13.2 Å². The average Bonchev–Trinajstić information content (AvgIpc) is 2.91. The predicted molar refractivity (Wildman–Crippen MR) is 142 cm³/mol. The van der Waals surface area contributed by atoms with E-state index in [1.807, 2.05) is 66.7 Å². The molecule has 0 aliphatic carbocycles. The molecule has 2 aromatic heterocycles. The largest absolute Gasteiger partial charge is 0.495 e. The van der Waals surface area contributed by atoms with Gasteiger partial charge in [-0.2, -0.15) is 0 Å². The van der Waals surface area contributed by atoms with E-state index in [-0.39, 0.29) is 10.6 Å². The lowest BCUT2D eigenvalue weighted by atomic mass is 10.0. The molecule has 7 nitrogen and oxygen atoms in total. The predicted octanol–water partition coefficient (Wildman–Crippen LogP) is 5.38. The minimum Gasteiger partial charge on any atom is -0.495 e. The number of anilines is 1. The van der Waals surface area contributed by atoms with Crippen LogP contribution in [0.4, 0.5) is 5.82 Å². The molecule has 0 fully saturated rings. The molecule has 36 heavy (non-hydrogen) atoms. The van der Waals surface area contributed by atoms with Gasteiger partial charge in [-0.1, -0.05) is 48.5 Å². The van der Waals surface area contributed by atoms with E-state index in [9.17, 15) is 8.42 Å². The number of nitrogens with one attached hydrogen (secondary N) is 1. The molecule has 3 aromatic carbocycles. The van der Waals surface area contributed by atoms with Gasteiger partial charge in [0.2, 0.25) is 0 Å². The molecule has 0 saturated carbocycles. The van der Waals surface area contributed by atoms with E-state index in [0.717, 1.165) is 34.0 Å². The number of benzene rings is 3. The van der Waals surface area contributed by atoms with Crippen LogP contribution in [0.25, 0.3) is 33.4 Å². The minimum absolute atomic E-state index is 0.0900. The van der Waals surface area contributed by atoms with E-state index >= 15 is 0 Å². The summed E-state index contributed by atoms with van der Waals surface area (Å²) >= 11 is 0. The van der Waals surface area contributed by atoms with E-state index in [1.165, 1.54) is 7.11 Å². The first kappa shape index (κ1) is 23.4. The van der Waals surface area contributed by atoms with Gasteiger partial charge in [-0.25, -0.2) is 18.4 Å². The van der Waals surface area contributed by atoms with Gasteiger partial charge in [0.1, 0.15) is 16.5 Å². The summed E-state index contributed by atoms with van der Waals surface area (Å²) in [5, 5.41) is 4.31. The molecular weight excluding hydrogens is 472 g/mol. The molecule has 8 heteroatoms. The van der Waals surface area contributed by atoms with Crippen LogP contribution in [0.3, 0.4) is 0 Å². The lowest BCUT2D eigenvalue weighted by molar-refractivity contribution is 0.403. The quantitative estimate of drug-likeness (QED) is 0.323. The van der Waals surface area contributed by atoms with Crippen molar-refractivity contribution in [2.45, 2.75) is 11.4 Å². The van der Waals surface area contributed by atoms with E-state index in [0.29, 0.717) is 23.8 Å². The highest BCUT2D eigenvalue weighted by Gasteiger charge is 2.19. The topological polar surface area (TPSA) is 94.1 Å². The first-order chi connectivity index (χ1) is 17.4. The Morgan fingerprint density at radius 3 is 2.39 bits per heavy atom. The van der Waals surface area contributed by atoms with Crippen LogP contribution < -0.4 is 10.1 Å². The molecule has 0 atom stereocenters. The normalized spacial score (nSPS) is 11.4. The molecule has 5 aromatic rings. The van der Waals surface area contributed by atoms with E-state index < -0.39 is 9.84 Å². The SMILES string of the molecule is COc1ccc(-c2nc(NCc3ccccn3)c3c(-c4ccccc4)cccc3n2)cc1S(C)(=O)=O. The van der Waals surface area contributed by atoms with Crippen molar-refractivity contribution in [2.75, 3.05) is 18.7 Å². The van der Waals surface area contributed by atoms with Crippen LogP contribution in [0, 0.1) is 0 Å². The monoisotopic (exact) mass is 496 g/mol. The molecule has 0 saturated heterocycles. The minimum atomic E-state index is -3.52. The van der Waals surface area contributed by atoms with Crippen molar-refractivity contribution >= 4 is 26.6 Å². The second-order valence-corrected chi connectivity index (χ2v) is 10.3. The summed E-state index contributed by atoms with van der Waals surface area (Å²) in [7, 11) is -2.08. The fourth-order valence-electron chi connectivity index (χ4n) is 4.08. The summed E-state index contributed by atoms with van der Waals surface area (Å²) in [5.41, 5.74) is 4.22. The number of ether oxygens (including phenoxy) is 1. The summed E-state index contributed by atoms with van der Waals surface area (Å²) in [6.45, 7) is 0.465. The van der Waals surface area contributed by atoms with E-state index in [1.54, 1.807) is 24.4 Å². The van der Waals surface area contributed by atoms with Gasteiger partial charge in [0.15, 0.2) is 15.7 Å². The molecule has 0 amide bonds. The zero-order valence-electron chi connectivity index (χ0n) is 19.8. The number of hydrogen-bond donors (Lipinski definition) is 1. The molecular formula is C28H24N4O3S. The van der Waals surface area contributed by atoms with Crippen LogP contribution in [-0.4, -0.2) is 36.7 Å².